The first-order valence-electron chi connectivity index (χ1n) is 11.7. The average Bonchev–Trinajstić information content (AvgIpc) is 3.36. The number of ether oxygens (including phenoxy) is 2. The van der Waals surface area contributed by atoms with Crippen molar-refractivity contribution in [3.8, 4) is 34.3 Å². The molecule has 2 aromatic carbocycles. The molecule has 3 N–H and O–H groups in total. The molecule has 3 aromatic rings. The Balaban J connectivity index is 1.79. The second kappa shape index (κ2) is 12.5. The van der Waals surface area contributed by atoms with Gasteiger partial charge in [-0.15, -0.1) is 0 Å². The summed E-state index contributed by atoms with van der Waals surface area (Å²) in [6, 6.07) is 9.83. The van der Waals surface area contributed by atoms with Crippen LogP contribution in [-0.2, 0) is 11.3 Å². The standard InChI is InChI=1S/C26H34N4O6/c1-6-30(4)13-18-7-16(2)8-20(10-18)26-28-25(29-36-26)19-9-17(3)24(22(11-19)34-5)35-15-21(32)12-27-23(33)14-31/h7-11,21,31-32H,6,12-15H2,1-5H3,(H,27,33)/t21-/m0/s1. The number of methoxy groups -OCH3 is 1. The molecule has 3 rings (SSSR count). The van der Waals surface area contributed by atoms with Gasteiger partial charge in [0.05, 0.1) is 7.11 Å². The molecule has 0 saturated heterocycles. The van der Waals surface area contributed by atoms with Gasteiger partial charge >= 0.3 is 0 Å². The molecule has 194 valence electrons. The molecule has 1 aromatic heterocycles. The van der Waals surface area contributed by atoms with Crippen molar-refractivity contribution in [2.75, 3.05) is 40.5 Å². The molecule has 0 radical (unpaired) electrons. The van der Waals surface area contributed by atoms with E-state index in [2.05, 4.69) is 46.5 Å². The van der Waals surface area contributed by atoms with Crippen molar-refractivity contribution in [2.45, 2.75) is 33.4 Å². The van der Waals surface area contributed by atoms with Crippen molar-refractivity contribution in [2.24, 2.45) is 0 Å². The minimum absolute atomic E-state index is 0.0418. The lowest BCUT2D eigenvalue weighted by atomic mass is 10.1. The van der Waals surface area contributed by atoms with Crippen molar-refractivity contribution in [3.63, 3.8) is 0 Å². The Morgan fingerprint density at radius 1 is 1.19 bits per heavy atom. The third kappa shape index (κ3) is 7.03. The molecule has 0 aliphatic rings. The third-order valence-electron chi connectivity index (χ3n) is 5.62. The Bertz CT molecular complexity index is 1180. The van der Waals surface area contributed by atoms with Crippen LogP contribution in [0.2, 0.25) is 0 Å². The number of nitrogens with one attached hydrogen (secondary N) is 1. The molecule has 0 unspecified atom stereocenters. The van der Waals surface area contributed by atoms with Crippen LogP contribution in [0, 0.1) is 13.8 Å². The highest BCUT2D eigenvalue weighted by Gasteiger charge is 2.18. The molecule has 36 heavy (non-hydrogen) atoms. The van der Waals surface area contributed by atoms with E-state index in [1.54, 1.807) is 6.07 Å². The van der Waals surface area contributed by atoms with Gasteiger partial charge in [0.25, 0.3) is 5.89 Å². The molecule has 0 aliphatic heterocycles. The maximum atomic E-state index is 11.1. The van der Waals surface area contributed by atoms with E-state index in [0.717, 1.165) is 29.8 Å². The van der Waals surface area contributed by atoms with E-state index in [1.165, 1.54) is 12.7 Å². The van der Waals surface area contributed by atoms with Crippen LogP contribution in [0.1, 0.15) is 23.6 Å². The van der Waals surface area contributed by atoms with Crippen LogP contribution in [-0.4, -0.2) is 77.7 Å². The van der Waals surface area contributed by atoms with Gasteiger partial charge in [-0.3, -0.25) is 4.79 Å². The van der Waals surface area contributed by atoms with Gasteiger partial charge in [0.15, 0.2) is 11.5 Å². The number of hydrogen-bond donors (Lipinski definition) is 3. The van der Waals surface area contributed by atoms with Crippen molar-refractivity contribution in [3.05, 3.63) is 47.0 Å². The van der Waals surface area contributed by atoms with Gasteiger partial charge in [0.1, 0.15) is 19.3 Å². The normalized spacial score (nSPS) is 12.0. The average molecular weight is 499 g/mol. The van der Waals surface area contributed by atoms with Crippen LogP contribution >= 0.6 is 0 Å². The molecular weight excluding hydrogens is 464 g/mol. The number of carbonyl (C=O) groups is 1. The molecule has 0 spiro atoms. The zero-order valence-electron chi connectivity index (χ0n) is 21.4. The van der Waals surface area contributed by atoms with Crippen molar-refractivity contribution < 1.29 is 29.0 Å². The Labute approximate surface area is 210 Å². The monoisotopic (exact) mass is 498 g/mol. The van der Waals surface area contributed by atoms with Crippen molar-refractivity contribution >= 4 is 5.91 Å². The number of carbonyl (C=O) groups excluding carboxylic acids is 1. The summed E-state index contributed by atoms with van der Waals surface area (Å²) in [6.45, 7) is 7.04. The number of aliphatic hydroxyl groups excluding tert-OH is 2. The molecule has 0 aliphatic carbocycles. The fraction of sp³-hybridized carbons (Fsp3) is 0.423. The summed E-state index contributed by atoms with van der Waals surface area (Å²) < 4.78 is 16.9. The minimum Gasteiger partial charge on any atom is -0.493 e. The Morgan fingerprint density at radius 2 is 1.97 bits per heavy atom. The highest BCUT2D eigenvalue weighted by atomic mass is 16.5. The molecule has 1 heterocycles. The maximum absolute atomic E-state index is 11.1. The Hall–Kier alpha value is -3.47. The maximum Gasteiger partial charge on any atom is 0.258 e. The van der Waals surface area contributed by atoms with Gasteiger partial charge in [0.2, 0.25) is 11.7 Å². The zero-order chi connectivity index (χ0) is 26.2. The van der Waals surface area contributed by atoms with E-state index in [9.17, 15) is 9.90 Å². The van der Waals surface area contributed by atoms with Gasteiger partial charge < -0.3 is 34.4 Å². The van der Waals surface area contributed by atoms with Crippen LogP contribution in [0.15, 0.2) is 34.9 Å². The number of aryl methyl sites for hydroxylation is 2. The summed E-state index contributed by atoms with van der Waals surface area (Å²) in [5.41, 5.74) is 4.60. The van der Waals surface area contributed by atoms with Gasteiger partial charge in [0, 0.05) is 24.2 Å². The first-order chi connectivity index (χ1) is 17.2. The summed E-state index contributed by atoms with van der Waals surface area (Å²) in [4.78, 5) is 18.0. The number of amides is 1. The fourth-order valence-electron chi connectivity index (χ4n) is 3.69. The van der Waals surface area contributed by atoms with Crippen LogP contribution < -0.4 is 14.8 Å². The lowest BCUT2D eigenvalue weighted by Crippen LogP contribution is -2.36. The van der Waals surface area contributed by atoms with Crippen LogP contribution in [0.4, 0.5) is 0 Å². The van der Waals surface area contributed by atoms with Crippen LogP contribution in [0.25, 0.3) is 22.8 Å². The first-order valence-corrected chi connectivity index (χ1v) is 11.7. The molecule has 0 bridgehead atoms. The van der Waals surface area contributed by atoms with E-state index in [-0.39, 0.29) is 13.2 Å². The predicted molar refractivity (Wildman–Crippen MR) is 135 cm³/mol. The molecular formula is C26H34N4O6. The lowest BCUT2D eigenvalue weighted by molar-refractivity contribution is -0.124. The number of benzene rings is 2. The third-order valence-corrected chi connectivity index (χ3v) is 5.62. The smallest absolute Gasteiger partial charge is 0.258 e. The van der Waals surface area contributed by atoms with Gasteiger partial charge in [-0.25, -0.2) is 0 Å². The predicted octanol–water partition coefficient (Wildman–Crippen LogP) is 2.33. The first kappa shape index (κ1) is 27.1. The Kier molecular flexibility index (Phi) is 9.40. The molecule has 10 nitrogen and oxygen atoms in total. The number of rotatable bonds is 12. The van der Waals surface area contributed by atoms with Gasteiger partial charge in [-0.2, -0.15) is 4.98 Å². The van der Waals surface area contributed by atoms with Gasteiger partial charge in [-0.1, -0.05) is 23.7 Å². The summed E-state index contributed by atoms with van der Waals surface area (Å²) in [7, 11) is 3.60. The molecule has 1 atom stereocenters. The quantitative estimate of drug-likeness (QED) is 0.344. The summed E-state index contributed by atoms with van der Waals surface area (Å²) >= 11 is 0. The second-order valence-electron chi connectivity index (χ2n) is 8.71. The van der Waals surface area contributed by atoms with Crippen LogP contribution in [0.3, 0.4) is 0 Å². The second-order valence-corrected chi connectivity index (χ2v) is 8.71. The SMILES string of the molecule is CCN(C)Cc1cc(C)cc(-c2nc(-c3cc(C)c(OC[C@@H](O)CNC(=O)CO)c(OC)c3)no2)c1. The minimum atomic E-state index is -0.958. The Morgan fingerprint density at radius 3 is 2.67 bits per heavy atom. The topological polar surface area (TPSA) is 130 Å². The molecule has 10 heteroatoms. The highest BCUT2D eigenvalue weighted by molar-refractivity contribution is 5.76. The molecule has 0 saturated carbocycles. The van der Waals surface area contributed by atoms with Gasteiger partial charge in [-0.05, 0) is 62.8 Å². The lowest BCUT2D eigenvalue weighted by Gasteiger charge is -2.17. The summed E-state index contributed by atoms with van der Waals surface area (Å²) in [5.74, 6) is 1.18. The number of aliphatic hydroxyl groups is 2. The van der Waals surface area contributed by atoms with E-state index < -0.39 is 18.6 Å². The van der Waals surface area contributed by atoms with E-state index in [0.29, 0.717) is 28.8 Å². The zero-order valence-corrected chi connectivity index (χ0v) is 21.4. The van der Waals surface area contributed by atoms with Crippen LogP contribution in [0.5, 0.6) is 11.5 Å². The highest BCUT2D eigenvalue weighted by Crippen LogP contribution is 2.36. The van der Waals surface area contributed by atoms with E-state index in [4.69, 9.17) is 19.1 Å². The van der Waals surface area contributed by atoms with E-state index in [1.807, 2.05) is 26.0 Å². The van der Waals surface area contributed by atoms with Crippen molar-refractivity contribution in [1.29, 1.82) is 0 Å². The summed E-state index contributed by atoms with van der Waals surface area (Å²) in [6.07, 6.45) is -0.958. The number of aromatic nitrogens is 2. The fourth-order valence-corrected chi connectivity index (χ4v) is 3.69. The van der Waals surface area contributed by atoms with E-state index >= 15 is 0 Å². The van der Waals surface area contributed by atoms with Crippen molar-refractivity contribution in [1.82, 2.24) is 20.4 Å². The largest absolute Gasteiger partial charge is 0.493 e. The molecule has 1 amide bonds. The number of nitrogens with zero attached hydrogens (tertiary/aromatic N) is 3. The number of hydrogen-bond acceptors (Lipinski definition) is 9. The molecule has 0 fully saturated rings. The summed E-state index contributed by atoms with van der Waals surface area (Å²) in [5, 5.41) is 25.4.